The quantitative estimate of drug-likeness (QED) is 0.483. The van der Waals surface area contributed by atoms with Crippen LogP contribution in [0, 0.1) is 0 Å². The van der Waals surface area contributed by atoms with Crippen LogP contribution in [-0.4, -0.2) is 24.5 Å². The van der Waals surface area contributed by atoms with Crippen LogP contribution in [0.1, 0.15) is 29.4 Å². The Bertz CT molecular complexity index is 341. The zero-order valence-corrected chi connectivity index (χ0v) is 9.71. The van der Waals surface area contributed by atoms with Crippen molar-refractivity contribution in [3.8, 4) is 0 Å². The van der Waals surface area contributed by atoms with Gasteiger partial charge in [0.1, 0.15) is 0 Å². The lowest BCUT2D eigenvalue weighted by Crippen LogP contribution is -2.35. The predicted octanol–water partition coefficient (Wildman–Crippen LogP) is 0.445. The molecule has 5 heteroatoms. The molecule has 0 unspecified atom stereocenters. The van der Waals surface area contributed by atoms with Crippen molar-refractivity contribution in [1.82, 2.24) is 21.2 Å². The molecule has 0 atom stereocenters. The van der Waals surface area contributed by atoms with Crippen LogP contribution in [0.2, 0.25) is 0 Å². The SMILES string of the molecule is CCCNCc1ncccc1C(=O)NNC. The molecule has 16 heavy (non-hydrogen) atoms. The molecular formula is C11H18N4O. The van der Waals surface area contributed by atoms with E-state index in [1.165, 1.54) is 0 Å². The summed E-state index contributed by atoms with van der Waals surface area (Å²) in [6.45, 7) is 3.63. The van der Waals surface area contributed by atoms with Gasteiger partial charge in [0, 0.05) is 19.8 Å². The molecule has 0 saturated carbocycles. The molecular weight excluding hydrogens is 204 g/mol. The highest BCUT2D eigenvalue weighted by Crippen LogP contribution is 2.04. The van der Waals surface area contributed by atoms with Gasteiger partial charge in [0.2, 0.25) is 0 Å². The Balaban J connectivity index is 2.71. The molecule has 1 aromatic rings. The van der Waals surface area contributed by atoms with Crippen LogP contribution >= 0.6 is 0 Å². The molecule has 0 saturated heterocycles. The van der Waals surface area contributed by atoms with Gasteiger partial charge in [-0.3, -0.25) is 15.2 Å². The van der Waals surface area contributed by atoms with Crippen molar-refractivity contribution in [3.63, 3.8) is 0 Å². The Morgan fingerprint density at radius 2 is 2.31 bits per heavy atom. The number of nitrogens with one attached hydrogen (secondary N) is 3. The molecule has 5 nitrogen and oxygen atoms in total. The number of amides is 1. The van der Waals surface area contributed by atoms with Crippen molar-refractivity contribution in [2.45, 2.75) is 19.9 Å². The summed E-state index contributed by atoms with van der Waals surface area (Å²) < 4.78 is 0. The van der Waals surface area contributed by atoms with Crippen molar-refractivity contribution in [2.75, 3.05) is 13.6 Å². The van der Waals surface area contributed by atoms with Gasteiger partial charge in [0.05, 0.1) is 11.3 Å². The highest BCUT2D eigenvalue weighted by Gasteiger charge is 2.10. The molecule has 0 aromatic carbocycles. The molecule has 1 amide bonds. The summed E-state index contributed by atoms with van der Waals surface area (Å²) in [5.41, 5.74) is 6.51. The fourth-order valence-corrected chi connectivity index (χ4v) is 1.35. The third-order valence-electron chi connectivity index (χ3n) is 2.09. The van der Waals surface area contributed by atoms with E-state index < -0.39 is 0 Å². The molecule has 1 rings (SSSR count). The van der Waals surface area contributed by atoms with Crippen LogP contribution in [0.15, 0.2) is 18.3 Å². The van der Waals surface area contributed by atoms with E-state index >= 15 is 0 Å². The number of aromatic nitrogens is 1. The van der Waals surface area contributed by atoms with Gasteiger partial charge in [-0.15, -0.1) is 0 Å². The van der Waals surface area contributed by atoms with Crippen molar-refractivity contribution in [3.05, 3.63) is 29.6 Å². The Morgan fingerprint density at radius 1 is 1.50 bits per heavy atom. The molecule has 0 fully saturated rings. The van der Waals surface area contributed by atoms with Crippen molar-refractivity contribution < 1.29 is 4.79 Å². The normalized spacial score (nSPS) is 10.1. The molecule has 88 valence electrons. The second kappa shape index (κ2) is 6.92. The first-order chi connectivity index (χ1) is 7.79. The summed E-state index contributed by atoms with van der Waals surface area (Å²) in [7, 11) is 1.66. The minimum Gasteiger partial charge on any atom is -0.311 e. The molecule has 0 radical (unpaired) electrons. The second-order valence-corrected chi connectivity index (χ2v) is 3.38. The number of pyridine rings is 1. The maximum Gasteiger partial charge on any atom is 0.267 e. The lowest BCUT2D eigenvalue weighted by Gasteiger charge is -2.08. The predicted molar refractivity (Wildman–Crippen MR) is 62.8 cm³/mol. The summed E-state index contributed by atoms with van der Waals surface area (Å²) in [5, 5.41) is 3.23. The highest BCUT2D eigenvalue weighted by atomic mass is 16.2. The monoisotopic (exact) mass is 222 g/mol. The van der Waals surface area contributed by atoms with E-state index in [9.17, 15) is 4.79 Å². The Morgan fingerprint density at radius 3 is 3.00 bits per heavy atom. The number of rotatable bonds is 6. The van der Waals surface area contributed by atoms with Gasteiger partial charge in [-0.25, -0.2) is 5.43 Å². The van der Waals surface area contributed by atoms with Gasteiger partial charge in [0.25, 0.3) is 5.91 Å². The van der Waals surface area contributed by atoms with Crippen LogP contribution in [-0.2, 0) is 6.54 Å². The minimum absolute atomic E-state index is 0.163. The molecule has 0 bridgehead atoms. The first-order valence-corrected chi connectivity index (χ1v) is 5.41. The van der Waals surface area contributed by atoms with Gasteiger partial charge >= 0.3 is 0 Å². The first-order valence-electron chi connectivity index (χ1n) is 5.41. The summed E-state index contributed by atoms with van der Waals surface area (Å²) in [6.07, 6.45) is 2.75. The topological polar surface area (TPSA) is 66.0 Å². The number of hydrogen-bond donors (Lipinski definition) is 3. The summed E-state index contributed by atoms with van der Waals surface area (Å²) >= 11 is 0. The maximum atomic E-state index is 11.7. The third-order valence-corrected chi connectivity index (χ3v) is 2.09. The standard InChI is InChI=1S/C11H18N4O/c1-3-6-13-8-10-9(5-4-7-14-10)11(16)15-12-2/h4-5,7,12-13H,3,6,8H2,1-2H3,(H,15,16). The largest absolute Gasteiger partial charge is 0.311 e. The lowest BCUT2D eigenvalue weighted by molar-refractivity contribution is 0.0936. The Hall–Kier alpha value is -1.46. The number of nitrogens with zero attached hydrogens (tertiary/aromatic N) is 1. The van der Waals surface area contributed by atoms with Crippen LogP contribution in [0.4, 0.5) is 0 Å². The minimum atomic E-state index is -0.163. The van der Waals surface area contributed by atoms with E-state index in [1.807, 2.05) is 0 Å². The third kappa shape index (κ3) is 3.60. The summed E-state index contributed by atoms with van der Waals surface area (Å²) in [6, 6.07) is 3.52. The van der Waals surface area contributed by atoms with E-state index in [-0.39, 0.29) is 5.91 Å². The van der Waals surface area contributed by atoms with E-state index in [2.05, 4.69) is 28.1 Å². The first kappa shape index (κ1) is 12.6. The van der Waals surface area contributed by atoms with Crippen molar-refractivity contribution >= 4 is 5.91 Å². The average molecular weight is 222 g/mol. The molecule has 1 heterocycles. The van der Waals surface area contributed by atoms with E-state index in [0.29, 0.717) is 12.1 Å². The molecule has 3 N–H and O–H groups in total. The molecule has 0 aliphatic heterocycles. The zero-order chi connectivity index (χ0) is 11.8. The lowest BCUT2D eigenvalue weighted by atomic mass is 10.2. The number of hydrogen-bond acceptors (Lipinski definition) is 4. The summed E-state index contributed by atoms with van der Waals surface area (Å²) in [5.74, 6) is -0.163. The van der Waals surface area contributed by atoms with Crippen LogP contribution in [0.3, 0.4) is 0 Å². The Labute approximate surface area is 95.6 Å². The maximum absolute atomic E-state index is 11.7. The molecule has 0 aliphatic rings. The fraction of sp³-hybridized carbons (Fsp3) is 0.455. The highest BCUT2D eigenvalue weighted by molar-refractivity contribution is 5.94. The van der Waals surface area contributed by atoms with Gasteiger partial charge in [-0.05, 0) is 25.1 Å². The number of hydrazine groups is 1. The van der Waals surface area contributed by atoms with Crippen LogP contribution < -0.4 is 16.2 Å². The molecule has 1 aromatic heterocycles. The van der Waals surface area contributed by atoms with E-state index in [0.717, 1.165) is 18.7 Å². The number of carbonyl (C=O) groups excluding carboxylic acids is 1. The van der Waals surface area contributed by atoms with E-state index in [1.54, 1.807) is 25.4 Å². The van der Waals surface area contributed by atoms with Gasteiger partial charge in [-0.1, -0.05) is 6.92 Å². The van der Waals surface area contributed by atoms with Gasteiger partial charge in [0.15, 0.2) is 0 Å². The van der Waals surface area contributed by atoms with Crippen LogP contribution in [0.25, 0.3) is 0 Å². The van der Waals surface area contributed by atoms with Crippen molar-refractivity contribution in [1.29, 1.82) is 0 Å². The molecule has 0 spiro atoms. The zero-order valence-electron chi connectivity index (χ0n) is 9.71. The summed E-state index contributed by atoms with van der Waals surface area (Å²) in [4.78, 5) is 15.9. The fourth-order valence-electron chi connectivity index (χ4n) is 1.35. The molecule has 0 aliphatic carbocycles. The second-order valence-electron chi connectivity index (χ2n) is 3.38. The Kier molecular flexibility index (Phi) is 5.45. The average Bonchev–Trinajstić information content (AvgIpc) is 2.30. The van der Waals surface area contributed by atoms with Crippen LogP contribution in [0.5, 0.6) is 0 Å². The van der Waals surface area contributed by atoms with Gasteiger partial charge in [-0.2, -0.15) is 0 Å². The number of carbonyl (C=O) groups is 1. The van der Waals surface area contributed by atoms with Crippen molar-refractivity contribution in [2.24, 2.45) is 0 Å². The van der Waals surface area contributed by atoms with E-state index in [4.69, 9.17) is 0 Å². The smallest absolute Gasteiger partial charge is 0.267 e. The van der Waals surface area contributed by atoms with Gasteiger partial charge < -0.3 is 5.32 Å².